The zero-order valence-electron chi connectivity index (χ0n) is 9.91. The van der Waals surface area contributed by atoms with E-state index in [2.05, 4.69) is 36.5 Å². The predicted octanol–water partition coefficient (Wildman–Crippen LogP) is 1.14. The van der Waals surface area contributed by atoms with Gasteiger partial charge < -0.3 is 15.2 Å². The number of rotatable bonds is 8. The largest absolute Gasteiger partial charge is 0.394 e. The van der Waals surface area contributed by atoms with Gasteiger partial charge in [-0.2, -0.15) is 0 Å². The van der Waals surface area contributed by atoms with Crippen LogP contribution in [0.3, 0.4) is 0 Å². The van der Waals surface area contributed by atoms with Gasteiger partial charge in [-0.3, -0.25) is 0 Å². The molecule has 0 aliphatic rings. The van der Waals surface area contributed by atoms with Gasteiger partial charge in [-0.05, 0) is 25.5 Å². The maximum absolute atomic E-state index is 8.50. The minimum absolute atomic E-state index is 0.100. The first-order valence-corrected chi connectivity index (χ1v) is 5.78. The van der Waals surface area contributed by atoms with Gasteiger partial charge in [0.15, 0.2) is 0 Å². The van der Waals surface area contributed by atoms with E-state index in [4.69, 9.17) is 9.84 Å². The highest BCUT2D eigenvalue weighted by Crippen LogP contribution is 2.03. The average Bonchev–Trinajstić information content (AvgIpc) is 2.28. The Morgan fingerprint density at radius 2 is 2.12 bits per heavy atom. The highest BCUT2D eigenvalue weighted by molar-refractivity contribution is 5.22. The maximum atomic E-state index is 8.50. The molecule has 0 aromatic heterocycles. The molecule has 0 atom stereocenters. The Balaban J connectivity index is 2.03. The molecule has 0 spiro atoms. The van der Waals surface area contributed by atoms with Crippen molar-refractivity contribution in [3.63, 3.8) is 0 Å². The molecule has 0 amide bonds. The molecule has 0 heterocycles. The van der Waals surface area contributed by atoms with E-state index in [9.17, 15) is 0 Å². The van der Waals surface area contributed by atoms with Crippen LogP contribution in [-0.2, 0) is 11.2 Å². The van der Waals surface area contributed by atoms with Crippen LogP contribution in [0.15, 0.2) is 24.3 Å². The number of aliphatic hydroxyl groups excluding tert-OH is 1. The lowest BCUT2D eigenvalue weighted by Crippen LogP contribution is -2.22. The lowest BCUT2D eigenvalue weighted by Gasteiger charge is -2.06. The number of ether oxygens (including phenoxy) is 1. The van der Waals surface area contributed by atoms with Crippen molar-refractivity contribution in [3.05, 3.63) is 35.4 Å². The molecule has 90 valence electrons. The Hall–Kier alpha value is -0.900. The molecule has 0 unspecified atom stereocenters. The monoisotopic (exact) mass is 223 g/mol. The van der Waals surface area contributed by atoms with Gasteiger partial charge in [0.25, 0.3) is 0 Å². The molecular weight excluding hydrogens is 202 g/mol. The van der Waals surface area contributed by atoms with Crippen molar-refractivity contribution in [3.8, 4) is 0 Å². The molecule has 0 radical (unpaired) electrons. The summed E-state index contributed by atoms with van der Waals surface area (Å²) < 4.78 is 5.14. The quantitative estimate of drug-likeness (QED) is 0.649. The van der Waals surface area contributed by atoms with Gasteiger partial charge in [-0.25, -0.2) is 0 Å². The zero-order chi connectivity index (χ0) is 11.6. The van der Waals surface area contributed by atoms with Crippen molar-refractivity contribution in [1.82, 2.24) is 5.32 Å². The summed E-state index contributed by atoms with van der Waals surface area (Å²) in [7, 11) is 0. The topological polar surface area (TPSA) is 41.5 Å². The third kappa shape index (κ3) is 5.85. The smallest absolute Gasteiger partial charge is 0.0698 e. The van der Waals surface area contributed by atoms with Crippen molar-refractivity contribution in [2.75, 3.05) is 32.9 Å². The highest BCUT2D eigenvalue weighted by atomic mass is 16.5. The second-order valence-corrected chi connectivity index (χ2v) is 3.83. The second-order valence-electron chi connectivity index (χ2n) is 3.83. The van der Waals surface area contributed by atoms with Gasteiger partial charge in [-0.1, -0.05) is 29.8 Å². The molecular formula is C13H21NO2. The minimum atomic E-state index is 0.100. The van der Waals surface area contributed by atoms with Crippen LogP contribution in [0.4, 0.5) is 0 Å². The summed E-state index contributed by atoms with van der Waals surface area (Å²) in [6, 6.07) is 8.57. The van der Waals surface area contributed by atoms with Crippen LogP contribution in [0.1, 0.15) is 11.1 Å². The van der Waals surface area contributed by atoms with Crippen LogP contribution in [0.25, 0.3) is 0 Å². The molecule has 0 saturated carbocycles. The molecule has 0 aliphatic carbocycles. The number of aliphatic hydroxyl groups is 1. The van der Waals surface area contributed by atoms with E-state index in [1.54, 1.807) is 0 Å². The molecule has 1 aromatic carbocycles. The summed E-state index contributed by atoms with van der Waals surface area (Å²) in [5.41, 5.74) is 2.67. The minimum Gasteiger partial charge on any atom is -0.394 e. The van der Waals surface area contributed by atoms with Gasteiger partial charge in [0.2, 0.25) is 0 Å². The summed E-state index contributed by atoms with van der Waals surface area (Å²) >= 11 is 0. The lowest BCUT2D eigenvalue weighted by atomic mass is 10.1. The van der Waals surface area contributed by atoms with Crippen molar-refractivity contribution in [2.45, 2.75) is 13.3 Å². The first kappa shape index (κ1) is 13.2. The number of aryl methyl sites for hydroxylation is 1. The van der Waals surface area contributed by atoms with E-state index in [1.165, 1.54) is 11.1 Å². The van der Waals surface area contributed by atoms with Crippen LogP contribution in [0.2, 0.25) is 0 Å². The van der Waals surface area contributed by atoms with E-state index < -0.39 is 0 Å². The lowest BCUT2D eigenvalue weighted by molar-refractivity contribution is 0.0940. The number of hydrogen-bond acceptors (Lipinski definition) is 3. The first-order valence-electron chi connectivity index (χ1n) is 5.78. The summed E-state index contributed by atoms with van der Waals surface area (Å²) in [5.74, 6) is 0. The van der Waals surface area contributed by atoms with E-state index in [0.717, 1.165) is 19.5 Å². The first-order chi connectivity index (χ1) is 7.83. The molecule has 2 N–H and O–H groups in total. The molecule has 3 nitrogen and oxygen atoms in total. The van der Waals surface area contributed by atoms with E-state index in [1.807, 2.05) is 0 Å². The molecule has 16 heavy (non-hydrogen) atoms. The van der Waals surface area contributed by atoms with E-state index in [0.29, 0.717) is 13.2 Å². The summed E-state index contributed by atoms with van der Waals surface area (Å²) in [4.78, 5) is 0. The molecule has 0 aliphatic heterocycles. The summed E-state index contributed by atoms with van der Waals surface area (Å²) in [6.45, 7) is 5.11. The fourth-order valence-electron chi connectivity index (χ4n) is 1.54. The molecule has 3 heteroatoms. The Labute approximate surface area is 97.4 Å². The summed E-state index contributed by atoms with van der Waals surface area (Å²) in [6.07, 6.45) is 1.04. The second kappa shape index (κ2) is 8.28. The van der Waals surface area contributed by atoms with Gasteiger partial charge in [0.05, 0.1) is 19.8 Å². The van der Waals surface area contributed by atoms with Gasteiger partial charge in [0.1, 0.15) is 0 Å². The maximum Gasteiger partial charge on any atom is 0.0698 e. The fraction of sp³-hybridized carbons (Fsp3) is 0.538. The Bertz CT molecular complexity index is 289. The Morgan fingerprint density at radius 3 is 2.88 bits per heavy atom. The van der Waals surface area contributed by atoms with E-state index in [-0.39, 0.29) is 6.61 Å². The summed E-state index contributed by atoms with van der Waals surface area (Å²) in [5, 5.41) is 11.8. The van der Waals surface area contributed by atoms with Gasteiger partial charge >= 0.3 is 0 Å². The highest BCUT2D eigenvalue weighted by Gasteiger charge is 1.93. The van der Waals surface area contributed by atoms with Crippen molar-refractivity contribution in [2.24, 2.45) is 0 Å². The van der Waals surface area contributed by atoms with Crippen molar-refractivity contribution in [1.29, 1.82) is 0 Å². The van der Waals surface area contributed by atoms with E-state index >= 15 is 0 Å². The normalized spacial score (nSPS) is 10.6. The third-order valence-corrected chi connectivity index (χ3v) is 2.33. The number of hydrogen-bond donors (Lipinski definition) is 2. The van der Waals surface area contributed by atoms with Crippen molar-refractivity contribution >= 4 is 0 Å². The average molecular weight is 223 g/mol. The van der Waals surface area contributed by atoms with Gasteiger partial charge in [-0.15, -0.1) is 0 Å². The Morgan fingerprint density at radius 1 is 1.25 bits per heavy atom. The fourth-order valence-corrected chi connectivity index (χ4v) is 1.54. The van der Waals surface area contributed by atoms with Gasteiger partial charge in [0, 0.05) is 6.54 Å². The number of benzene rings is 1. The van der Waals surface area contributed by atoms with Crippen LogP contribution >= 0.6 is 0 Å². The predicted molar refractivity (Wildman–Crippen MR) is 65.7 cm³/mol. The van der Waals surface area contributed by atoms with Crippen LogP contribution in [0.5, 0.6) is 0 Å². The Kier molecular flexibility index (Phi) is 6.81. The van der Waals surface area contributed by atoms with Crippen molar-refractivity contribution < 1.29 is 9.84 Å². The SMILES string of the molecule is Cc1cccc(CCNCCOCCO)c1. The van der Waals surface area contributed by atoms with Crippen LogP contribution in [-0.4, -0.2) is 38.0 Å². The third-order valence-electron chi connectivity index (χ3n) is 2.33. The van der Waals surface area contributed by atoms with Crippen LogP contribution in [0, 0.1) is 6.92 Å². The molecule has 1 rings (SSSR count). The zero-order valence-corrected chi connectivity index (χ0v) is 9.91. The number of nitrogens with one attached hydrogen (secondary N) is 1. The van der Waals surface area contributed by atoms with Crippen LogP contribution < -0.4 is 5.32 Å². The molecule has 0 bridgehead atoms. The standard InChI is InChI=1S/C13H21NO2/c1-12-3-2-4-13(11-12)5-6-14-7-9-16-10-8-15/h2-4,11,14-15H,5-10H2,1H3. The molecule has 1 aromatic rings. The molecule has 0 saturated heterocycles. The molecule has 0 fully saturated rings.